The monoisotopic (exact) mass is 289 g/mol. The largest absolute Gasteiger partial charge is 0.339 e. The molecule has 2 rings (SSSR count). The third kappa shape index (κ3) is 3.82. The SMILES string of the molecule is CC(CCN(C)C)N1CC(=O)NC(c2ccccc2)C1=O. The molecule has 1 aliphatic heterocycles. The van der Waals surface area contributed by atoms with E-state index < -0.39 is 6.04 Å². The smallest absolute Gasteiger partial charge is 0.250 e. The molecule has 5 nitrogen and oxygen atoms in total. The molecule has 1 fully saturated rings. The van der Waals surface area contributed by atoms with E-state index in [2.05, 4.69) is 10.2 Å². The zero-order valence-electron chi connectivity index (χ0n) is 12.9. The summed E-state index contributed by atoms with van der Waals surface area (Å²) in [4.78, 5) is 28.4. The molecule has 1 aliphatic rings. The molecule has 2 unspecified atom stereocenters. The molecule has 1 aromatic rings. The topological polar surface area (TPSA) is 52.6 Å². The maximum absolute atomic E-state index is 12.7. The normalized spacial score (nSPS) is 20.6. The zero-order valence-corrected chi connectivity index (χ0v) is 12.9. The Morgan fingerprint density at radius 3 is 2.57 bits per heavy atom. The van der Waals surface area contributed by atoms with Gasteiger partial charge in [0, 0.05) is 6.04 Å². The van der Waals surface area contributed by atoms with Crippen LogP contribution in [0.25, 0.3) is 0 Å². The summed E-state index contributed by atoms with van der Waals surface area (Å²) >= 11 is 0. The molecule has 2 amide bonds. The van der Waals surface area contributed by atoms with Crippen LogP contribution in [0.5, 0.6) is 0 Å². The molecule has 1 N–H and O–H groups in total. The van der Waals surface area contributed by atoms with Crippen LogP contribution < -0.4 is 5.32 Å². The molecule has 0 aromatic heterocycles. The molecule has 1 heterocycles. The fourth-order valence-corrected chi connectivity index (χ4v) is 2.51. The Labute approximate surface area is 125 Å². The number of amides is 2. The second-order valence-electron chi connectivity index (χ2n) is 5.82. The summed E-state index contributed by atoms with van der Waals surface area (Å²) in [6.45, 7) is 3.04. The molecule has 0 aliphatic carbocycles. The molecule has 1 saturated heterocycles. The molecule has 21 heavy (non-hydrogen) atoms. The molecule has 0 radical (unpaired) electrons. The number of piperazine rings is 1. The highest BCUT2D eigenvalue weighted by Crippen LogP contribution is 2.21. The van der Waals surface area contributed by atoms with Gasteiger partial charge in [-0.3, -0.25) is 9.59 Å². The van der Waals surface area contributed by atoms with Gasteiger partial charge in [-0.1, -0.05) is 30.3 Å². The summed E-state index contributed by atoms with van der Waals surface area (Å²) in [5, 5.41) is 2.79. The summed E-state index contributed by atoms with van der Waals surface area (Å²) in [5.41, 5.74) is 0.834. The average molecular weight is 289 g/mol. The van der Waals surface area contributed by atoms with Gasteiger partial charge in [0.15, 0.2) is 0 Å². The first-order valence-electron chi connectivity index (χ1n) is 7.28. The number of nitrogens with zero attached hydrogens (tertiary/aromatic N) is 2. The fourth-order valence-electron chi connectivity index (χ4n) is 2.51. The highest BCUT2D eigenvalue weighted by atomic mass is 16.2. The maximum atomic E-state index is 12.7. The first kappa shape index (κ1) is 15.5. The van der Waals surface area contributed by atoms with Crippen LogP contribution in [0.2, 0.25) is 0 Å². The standard InChI is InChI=1S/C16H23N3O2/c1-12(9-10-18(2)3)19-11-14(20)17-15(16(19)21)13-7-5-4-6-8-13/h4-8,12,15H,9-11H2,1-3H3,(H,17,20). The van der Waals surface area contributed by atoms with Gasteiger partial charge >= 0.3 is 0 Å². The summed E-state index contributed by atoms with van der Waals surface area (Å²) in [5.74, 6) is -0.118. The van der Waals surface area contributed by atoms with E-state index in [9.17, 15) is 9.59 Å². The summed E-state index contributed by atoms with van der Waals surface area (Å²) in [6, 6.07) is 8.89. The number of hydrogen-bond acceptors (Lipinski definition) is 3. The number of carbonyl (C=O) groups is 2. The van der Waals surface area contributed by atoms with Crippen LogP contribution in [0.1, 0.15) is 24.9 Å². The number of hydrogen-bond donors (Lipinski definition) is 1. The van der Waals surface area contributed by atoms with Crippen molar-refractivity contribution in [3.05, 3.63) is 35.9 Å². The summed E-state index contributed by atoms with van der Waals surface area (Å²) in [6.07, 6.45) is 0.855. The Balaban J connectivity index is 2.12. The molecule has 5 heteroatoms. The molecular formula is C16H23N3O2. The zero-order chi connectivity index (χ0) is 15.4. The van der Waals surface area contributed by atoms with Crippen molar-refractivity contribution in [3.63, 3.8) is 0 Å². The minimum atomic E-state index is -0.561. The second-order valence-corrected chi connectivity index (χ2v) is 5.82. The van der Waals surface area contributed by atoms with E-state index in [4.69, 9.17) is 0 Å². The Morgan fingerprint density at radius 1 is 1.29 bits per heavy atom. The van der Waals surface area contributed by atoms with Crippen molar-refractivity contribution in [2.45, 2.75) is 25.4 Å². The van der Waals surface area contributed by atoms with Crippen LogP contribution in [0.15, 0.2) is 30.3 Å². The number of rotatable bonds is 5. The van der Waals surface area contributed by atoms with E-state index in [0.29, 0.717) is 0 Å². The lowest BCUT2D eigenvalue weighted by atomic mass is 10.0. The van der Waals surface area contributed by atoms with Crippen molar-refractivity contribution < 1.29 is 9.59 Å². The van der Waals surface area contributed by atoms with E-state index in [-0.39, 0.29) is 24.4 Å². The van der Waals surface area contributed by atoms with E-state index in [1.165, 1.54) is 0 Å². The van der Waals surface area contributed by atoms with Gasteiger partial charge in [0.25, 0.3) is 5.91 Å². The van der Waals surface area contributed by atoms with E-state index in [1.807, 2.05) is 51.4 Å². The predicted octanol–water partition coefficient (Wildman–Crippen LogP) is 1.03. The lowest BCUT2D eigenvalue weighted by Gasteiger charge is -2.37. The van der Waals surface area contributed by atoms with Gasteiger partial charge < -0.3 is 15.1 Å². The fraction of sp³-hybridized carbons (Fsp3) is 0.500. The van der Waals surface area contributed by atoms with Gasteiger partial charge in [0.2, 0.25) is 5.91 Å². The van der Waals surface area contributed by atoms with Gasteiger partial charge in [0.05, 0.1) is 6.54 Å². The molecule has 1 aromatic carbocycles. The van der Waals surface area contributed by atoms with Crippen molar-refractivity contribution in [3.8, 4) is 0 Å². The average Bonchev–Trinajstić information content (AvgIpc) is 2.47. The van der Waals surface area contributed by atoms with E-state index >= 15 is 0 Å². The summed E-state index contributed by atoms with van der Waals surface area (Å²) in [7, 11) is 4.01. The maximum Gasteiger partial charge on any atom is 0.250 e. The quantitative estimate of drug-likeness (QED) is 0.881. The first-order valence-corrected chi connectivity index (χ1v) is 7.28. The van der Waals surface area contributed by atoms with Crippen molar-refractivity contribution in [1.29, 1.82) is 0 Å². The molecule has 114 valence electrons. The molecular weight excluding hydrogens is 266 g/mol. The highest BCUT2D eigenvalue weighted by Gasteiger charge is 2.35. The number of nitrogens with one attached hydrogen (secondary N) is 1. The third-order valence-corrected chi connectivity index (χ3v) is 3.81. The van der Waals surface area contributed by atoms with Crippen LogP contribution in [-0.2, 0) is 9.59 Å². The Hall–Kier alpha value is -1.88. The van der Waals surface area contributed by atoms with Gasteiger partial charge in [-0.15, -0.1) is 0 Å². The van der Waals surface area contributed by atoms with Crippen LogP contribution in [0.4, 0.5) is 0 Å². The van der Waals surface area contributed by atoms with E-state index in [1.54, 1.807) is 4.90 Å². The van der Waals surface area contributed by atoms with E-state index in [0.717, 1.165) is 18.5 Å². The van der Waals surface area contributed by atoms with Crippen LogP contribution in [-0.4, -0.2) is 54.8 Å². The highest BCUT2D eigenvalue weighted by molar-refractivity contribution is 5.95. The Morgan fingerprint density at radius 2 is 1.95 bits per heavy atom. The van der Waals surface area contributed by atoms with Gasteiger partial charge in [-0.05, 0) is 39.5 Å². The van der Waals surface area contributed by atoms with Crippen LogP contribution in [0, 0.1) is 0 Å². The van der Waals surface area contributed by atoms with Crippen molar-refractivity contribution in [1.82, 2.24) is 15.1 Å². The lowest BCUT2D eigenvalue weighted by Crippen LogP contribution is -2.56. The number of benzene rings is 1. The van der Waals surface area contributed by atoms with Crippen molar-refractivity contribution >= 4 is 11.8 Å². The minimum absolute atomic E-state index is 0.0212. The van der Waals surface area contributed by atoms with Crippen LogP contribution in [0.3, 0.4) is 0 Å². The van der Waals surface area contributed by atoms with Crippen LogP contribution >= 0.6 is 0 Å². The Bertz CT molecular complexity index is 502. The van der Waals surface area contributed by atoms with Crippen molar-refractivity contribution in [2.24, 2.45) is 0 Å². The van der Waals surface area contributed by atoms with Gasteiger partial charge in [-0.25, -0.2) is 0 Å². The first-order chi connectivity index (χ1) is 9.99. The molecule has 0 saturated carbocycles. The molecule has 2 atom stereocenters. The third-order valence-electron chi connectivity index (χ3n) is 3.81. The molecule has 0 bridgehead atoms. The summed E-state index contributed by atoms with van der Waals surface area (Å²) < 4.78 is 0. The lowest BCUT2D eigenvalue weighted by molar-refractivity contribution is -0.146. The number of carbonyl (C=O) groups excluding carboxylic acids is 2. The predicted molar refractivity (Wildman–Crippen MR) is 81.7 cm³/mol. The van der Waals surface area contributed by atoms with Gasteiger partial charge in [0.1, 0.15) is 6.04 Å². The minimum Gasteiger partial charge on any atom is -0.339 e. The molecule has 0 spiro atoms. The second kappa shape index (κ2) is 6.72. The Kier molecular flexibility index (Phi) is 4.96. The van der Waals surface area contributed by atoms with Gasteiger partial charge in [-0.2, -0.15) is 0 Å². The van der Waals surface area contributed by atoms with Crippen molar-refractivity contribution in [2.75, 3.05) is 27.2 Å².